The van der Waals surface area contributed by atoms with Crippen molar-refractivity contribution in [1.29, 1.82) is 0 Å². The number of carbonyl (C=O) groups is 2. The minimum absolute atomic E-state index is 0.0379. The Labute approximate surface area is 151 Å². The van der Waals surface area contributed by atoms with Crippen molar-refractivity contribution < 1.29 is 9.59 Å². The van der Waals surface area contributed by atoms with Crippen LogP contribution in [0.3, 0.4) is 0 Å². The van der Waals surface area contributed by atoms with Gasteiger partial charge in [0.05, 0.1) is 11.3 Å². The number of para-hydroxylation sites is 1. The fourth-order valence-electron chi connectivity index (χ4n) is 3.27. The van der Waals surface area contributed by atoms with Gasteiger partial charge in [0.2, 0.25) is 0 Å². The average molecular weight is 348 g/mol. The fourth-order valence-corrected chi connectivity index (χ4v) is 3.27. The molecule has 6 nitrogen and oxygen atoms in total. The normalized spacial score (nSPS) is 14.0. The fraction of sp³-hybridized carbons (Fsp3) is 0.250. The lowest BCUT2D eigenvalue weighted by Gasteiger charge is -2.17. The molecule has 0 atom stereocenters. The molecule has 2 amide bonds. The third kappa shape index (κ3) is 3.06. The second-order valence-corrected chi connectivity index (χ2v) is 6.60. The minimum Gasteiger partial charge on any atom is -0.339 e. The molecule has 4 rings (SSSR count). The van der Waals surface area contributed by atoms with Crippen molar-refractivity contribution in [2.24, 2.45) is 0 Å². The van der Waals surface area contributed by atoms with Crippen molar-refractivity contribution in [3.05, 3.63) is 65.6 Å². The molecule has 26 heavy (non-hydrogen) atoms. The molecule has 1 aliphatic rings. The molecule has 0 aliphatic carbocycles. The number of aromatic nitrogens is 2. The lowest BCUT2D eigenvalue weighted by atomic mass is 10.1. The van der Waals surface area contributed by atoms with Gasteiger partial charge in [0.25, 0.3) is 11.8 Å². The Bertz CT molecular complexity index is 986. The molecule has 1 N–H and O–H groups in total. The molecule has 0 spiro atoms. The smallest absolute Gasteiger partial charge is 0.275 e. The van der Waals surface area contributed by atoms with Crippen LogP contribution in [0.2, 0.25) is 0 Å². The number of rotatable bonds is 3. The molecule has 0 unspecified atom stereocenters. The van der Waals surface area contributed by atoms with Crippen LogP contribution >= 0.6 is 0 Å². The van der Waals surface area contributed by atoms with Gasteiger partial charge in [-0.25, -0.2) is 4.98 Å². The summed E-state index contributed by atoms with van der Waals surface area (Å²) in [5, 5.41) is 2.84. The highest BCUT2D eigenvalue weighted by Gasteiger charge is 2.22. The first kappa shape index (κ1) is 16.3. The van der Waals surface area contributed by atoms with Crippen molar-refractivity contribution in [1.82, 2.24) is 14.3 Å². The third-order valence-electron chi connectivity index (χ3n) is 4.63. The number of hydrogen-bond donors (Lipinski definition) is 1. The van der Waals surface area contributed by atoms with E-state index >= 15 is 0 Å². The summed E-state index contributed by atoms with van der Waals surface area (Å²) in [7, 11) is 0. The van der Waals surface area contributed by atoms with Crippen molar-refractivity contribution in [3.8, 4) is 0 Å². The first-order valence-electron chi connectivity index (χ1n) is 8.77. The van der Waals surface area contributed by atoms with E-state index in [0.29, 0.717) is 22.6 Å². The maximum atomic E-state index is 12.7. The largest absolute Gasteiger partial charge is 0.339 e. The van der Waals surface area contributed by atoms with E-state index in [2.05, 4.69) is 10.3 Å². The highest BCUT2D eigenvalue weighted by atomic mass is 16.2. The van der Waals surface area contributed by atoms with Gasteiger partial charge >= 0.3 is 0 Å². The average Bonchev–Trinajstić information content (AvgIpc) is 3.31. The standard InChI is InChI=1S/C20H20N4O2/c1-14-8-9-18-21-17(13-24(18)12-14)19(25)22-16-7-3-2-6-15(16)20(26)23-10-4-5-11-23/h2-3,6-9,12-13H,4-5,10-11H2,1H3,(H,22,25). The molecule has 132 valence electrons. The monoisotopic (exact) mass is 348 g/mol. The van der Waals surface area contributed by atoms with Gasteiger partial charge in [-0.15, -0.1) is 0 Å². The van der Waals surface area contributed by atoms with Crippen LogP contribution in [0.15, 0.2) is 48.8 Å². The number of pyridine rings is 1. The number of likely N-dealkylation sites (tertiary alicyclic amines) is 1. The number of imidazole rings is 1. The van der Waals surface area contributed by atoms with Crippen molar-refractivity contribution in [2.75, 3.05) is 18.4 Å². The van der Waals surface area contributed by atoms with Crippen LogP contribution in [-0.4, -0.2) is 39.2 Å². The van der Waals surface area contributed by atoms with E-state index < -0.39 is 0 Å². The Kier molecular flexibility index (Phi) is 4.16. The van der Waals surface area contributed by atoms with Crippen LogP contribution in [-0.2, 0) is 0 Å². The van der Waals surface area contributed by atoms with Gasteiger partial charge in [0.1, 0.15) is 11.3 Å². The lowest BCUT2D eigenvalue weighted by molar-refractivity contribution is 0.0794. The highest BCUT2D eigenvalue weighted by molar-refractivity contribution is 6.08. The molecule has 1 aliphatic heterocycles. The Balaban J connectivity index is 1.60. The number of hydrogen-bond acceptors (Lipinski definition) is 3. The molecule has 1 fully saturated rings. The summed E-state index contributed by atoms with van der Waals surface area (Å²) in [4.78, 5) is 31.6. The molecule has 0 saturated carbocycles. The summed E-state index contributed by atoms with van der Waals surface area (Å²) in [6.45, 7) is 3.53. The molecule has 3 aromatic rings. The van der Waals surface area contributed by atoms with Crippen molar-refractivity contribution in [2.45, 2.75) is 19.8 Å². The van der Waals surface area contributed by atoms with Crippen molar-refractivity contribution in [3.63, 3.8) is 0 Å². The first-order valence-corrected chi connectivity index (χ1v) is 8.77. The van der Waals surface area contributed by atoms with Crippen LogP contribution in [0.1, 0.15) is 39.3 Å². The first-order chi connectivity index (χ1) is 12.6. The number of carbonyl (C=O) groups excluding carboxylic acids is 2. The molecule has 3 heterocycles. The Morgan fingerprint density at radius 2 is 1.81 bits per heavy atom. The van der Waals surface area contributed by atoms with E-state index in [4.69, 9.17) is 0 Å². The molecular weight excluding hydrogens is 328 g/mol. The third-order valence-corrected chi connectivity index (χ3v) is 4.63. The van der Waals surface area contributed by atoms with Crippen LogP contribution in [0, 0.1) is 6.92 Å². The summed E-state index contributed by atoms with van der Waals surface area (Å²) in [5.74, 6) is -0.364. The van der Waals surface area contributed by atoms with E-state index in [1.807, 2.05) is 46.7 Å². The molecular formula is C20H20N4O2. The lowest BCUT2D eigenvalue weighted by Crippen LogP contribution is -2.28. The molecule has 1 aromatic carbocycles. The topological polar surface area (TPSA) is 66.7 Å². The maximum Gasteiger partial charge on any atom is 0.275 e. The van der Waals surface area contributed by atoms with Gasteiger partial charge in [-0.3, -0.25) is 9.59 Å². The van der Waals surface area contributed by atoms with Gasteiger partial charge in [0, 0.05) is 25.5 Å². The molecule has 2 aromatic heterocycles. The van der Waals surface area contributed by atoms with Gasteiger partial charge in [0.15, 0.2) is 0 Å². The van der Waals surface area contributed by atoms with E-state index in [1.165, 1.54) is 0 Å². The Hall–Kier alpha value is -3.15. The number of nitrogens with zero attached hydrogens (tertiary/aromatic N) is 3. The van der Waals surface area contributed by atoms with E-state index in [1.54, 1.807) is 18.3 Å². The maximum absolute atomic E-state index is 12.7. The van der Waals surface area contributed by atoms with Gasteiger partial charge in [-0.1, -0.05) is 18.2 Å². The van der Waals surface area contributed by atoms with Gasteiger partial charge < -0.3 is 14.6 Å². The van der Waals surface area contributed by atoms with E-state index in [-0.39, 0.29) is 11.8 Å². The number of fused-ring (bicyclic) bond motifs is 1. The second-order valence-electron chi connectivity index (χ2n) is 6.60. The number of amides is 2. The van der Waals surface area contributed by atoms with Gasteiger partial charge in [-0.05, 0) is 43.5 Å². The second kappa shape index (κ2) is 6.63. The quantitative estimate of drug-likeness (QED) is 0.791. The molecule has 6 heteroatoms. The van der Waals surface area contributed by atoms with E-state index in [9.17, 15) is 9.59 Å². The number of nitrogens with one attached hydrogen (secondary N) is 1. The summed E-state index contributed by atoms with van der Waals surface area (Å²) >= 11 is 0. The van der Waals surface area contributed by atoms with E-state index in [0.717, 1.165) is 31.5 Å². The SMILES string of the molecule is Cc1ccc2nc(C(=O)Nc3ccccc3C(=O)N3CCCC3)cn2c1. The predicted molar refractivity (Wildman–Crippen MR) is 99.5 cm³/mol. The highest BCUT2D eigenvalue weighted by Crippen LogP contribution is 2.21. The summed E-state index contributed by atoms with van der Waals surface area (Å²) < 4.78 is 1.82. The zero-order valence-electron chi connectivity index (χ0n) is 14.6. The van der Waals surface area contributed by atoms with Crippen LogP contribution in [0.5, 0.6) is 0 Å². The molecule has 1 saturated heterocycles. The summed E-state index contributed by atoms with van der Waals surface area (Å²) in [5.41, 5.74) is 3.15. The minimum atomic E-state index is -0.326. The summed E-state index contributed by atoms with van der Waals surface area (Å²) in [6, 6.07) is 10.9. The number of benzene rings is 1. The Morgan fingerprint density at radius 1 is 1.04 bits per heavy atom. The predicted octanol–water partition coefficient (Wildman–Crippen LogP) is 3.13. The number of anilines is 1. The van der Waals surface area contributed by atoms with Gasteiger partial charge in [-0.2, -0.15) is 0 Å². The molecule has 0 bridgehead atoms. The molecule has 0 radical (unpaired) electrons. The Morgan fingerprint density at radius 3 is 2.62 bits per heavy atom. The zero-order chi connectivity index (χ0) is 18.1. The number of aryl methyl sites for hydroxylation is 1. The zero-order valence-corrected chi connectivity index (χ0v) is 14.6. The van der Waals surface area contributed by atoms with Crippen molar-refractivity contribution >= 4 is 23.1 Å². The van der Waals surface area contributed by atoms with Crippen LogP contribution in [0.25, 0.3) is 5.65 Å². The summed E-state index contributed by atoms with van der Waals surface area (Å²) in [6.07, 6.45) is 5.67. The van der Waals surface area contributed by atoms with Crippen LogP contribution < -0.4 is 5.32 Å². The van der Waals surface area contributed by atoms with Crippen LogP contribution in [0.4, 0.5) is 5.69 Å².